The van der Waals surface area contributed by atoms with Crippen molar-refractivity contribution in [2.24, 2.45) is 0 Å². The van der Waals surface area contributed by atoms with Gasteiger partial charge in [-0.1, -0.05) is 42.3 Å². The summed E-state index contributed by atoms with van der Waals surface area (Å²) >= 11 is 11.5. The lowest BCUT2D eigenvalue weighted by molar-refractivity contribution is -0.105. The second kappa shape index (κ2) is 8.42. The molecule has 24 heavy (non-hydrogen) atoms. The van der Waals surface area contributed by atoms with Crippen molar-refractivity contribution in [3.8, 4) is 0 Å². The lowest BCUT2D eigenvalue weighted by atomic mass is 10.0. The Kier molecular flexibility index (Phi) is 6.54. The SMILES string of the molecule is CC(CNCc1cc(F)c(Cl)cc1NC=O)c1cccc(Cl)c1F. The van der Waals surface area contributed by atoms with Crippen molar-refractivity contribution in [1.29, 1.82) is 0 Å². The number of carbonyl (C=O) groups is 1. The van der Waals surface area contributed by atoms with Gasteiger partial charge in [0.1, 0.15) is 11.6 Å². The van der Waals surface area contributed by atoms with Gasteiger partial charge in [-0.2, -0.15) is 0 Å². The molecule has 7 heteroatoms. The van der Waals surface area contributed by atoms with E-state index in [1.165, 1.54) is 18.2 Å². The average Bonchev–Trinajstić information content (AvgIpc) is 2.54. The summed E-state index contributed by atoms with van der Waals surface area (Å²) in [7, 11) is 0. The average molecular weight is 373 g/mol. The van der Waals surface area contributed by atoms with Crippen molar-refractivity contribution in [3.05, 3.63) is 63.1 Å². The molecular weight excluding hydrogens is 357 g/mol. The molecule has 2 rings (SSSR count). The van der Waals surface area contributed by atoms with E-state index >= 15 is 0 Å². The van der Waals surface area contributed by atoms with Gasteiger partial charge < -0.3 is 10.6 Å². The Morgan fingerprint density at radius 3 is 2.67 bits per heavy atom. The first-order valence-electron chi connectivity index (χ1n) is 7.26. The van der Waals surface area contributed by atoms with E-state index in [-0.39, 0.29) is 22.5 Å². The normalized spacial score (nSPS) is 12.0. The Balaban J connectivity index is 2.05. The molecule has 2 aromatic carbocycles. The third-order valence-electron chi connectivity index (χ3n) is 3.64. The van der Waals surface area contributed by atoms with Crippen LogP contribution >= 0.6 is 23.2 Å². The molecule has 0 fully saturated rings. The molecule has 1 amide bonds. The maximum atomic E-state index is 14.0. The van der Waals surface area contributed by atoms with E-state index in [1.807, 2.05) is 6.92 Å². The summed E-state index contributed by atoms with van der Waals surface area (Å²) in [6.45, 7) is 2.59. The fourth-order valence-corrected chi connectivity index (χ4v) is 2.71. The highest BCUT2D eigenvalue weighted by atomic mass is 35.5. The Morgan fingerprint density at radius 2 is 1.96 bits per heavy atom. The number of benzene rings is 2. The van der Waals surface area contributed by atoms with Crippen LogP contribution in [0.3, 0.4) is 0 Å². The van der Waals surface area contributed by atoms with Crippen LogP contribution in [0.2, 0.25) is 10.0 Å². The van der Waals surface area contributed by atoms with Crippen molar-refractivity contribution in [3.63, 3.8) is 0 Å². The van der Waals surface area contributed by atoms with Crippen LogP contribution in [0.1, 0.15) is 24.0 Å². The zero-order valence-corrected chi connectivity index (χ0v) is 14.4. The highest BCUT2D eigenvalue weighted by Crippen LogP contribution is 2.26. The third-order valence-corrected chi connectivity index (χ3v) is 4.22. The lowest BCUT2D eigenvalue weighted by Gasteiger charge is -2.16. The van der Waals surface area contributed by atoms with Gasteiger partial charge >= 0.3 is 0 Å². The van der Waals surface area contributed by atoms with E-state index in [2.05, 4.69) is 10.6 Å². The molecule has 2 N–H and O–H groups in total. The summed E-state index contributed by atoms with van der Waals surface area (Å²) in [5.74, 6) is -1.14. The molecule has 0 bridgehead atoms. The van der Waals surface area contributed by atoms with E-state index in [1.54, 1.807) is 12.1 Å². The van der Waals surface area contributed by atoms with Gasteiger partial charge in [0, 0.05) is 18.8 Å². The number of amides is 1. The van der Waals surface area contributed by atoms with Gasteiger partial charge in [0.25, 0.3) is 0 Å². The summed E-state index contributed by atoms with van der Waals surface area (Å²) in [4.78, 5) is 10.6. The number of nitrogens with one attached hydrogen (secondary N) is 2. The van der Waals surface area contributed by atoms with Crippen LogP contribution in [-0.4, -0.2) is 13.0 Å². The summed E-state index contributed by atoms with van der Waals surface area (Å²) in [5, 5.41) is 5.61. The third kappa shape index (κ3) is 4.44. The molecule has 0 aromatic heterocycles. The van der Waals surface area contributed by atoms with E-state index in [9.17, 15) is 13.6 Å². The number of hydrogen-bond acceptors (Lipinski definition) is 2. The van der Waals surface area contributed by atoms with Crippen LogP contribution < -0.4 is 10.6 Å². The first-order valence-corrected chi connectivity index (χ1v) is 8.02. The second-order valence-corrected chi connectivity index (χ2v) is 6.18. The monoisotopic (exact) mass is 372 g/mol. The molecule has 0 aliphatic carbocycles. The molecule has 0 heterocycles. The first-order chi connectivity index (χ1) is 11.4. The molecule has 2 aromatic rings. The minimum Gasteiger partial charge on any atom is -0.328 e. The Labute approximate surface area is 149 Å². The van der Waals surface area contributed by atoms with Gasteiger partial charge in [-0.05, 0) is 35.2 Å². The van der Waals surface area contributed by atoms with E-state index < -0.39 is 11.6 Å². The van der Waals surface area contributed by atoms with Gasteiger partial charge in [-0.25, -0.2) is 8.78 Å². The molecular formula is C17H16Cl2F2N2O. The first kappa shape index (κ1) is 18.6. The van der Waals surface area contributed by atoms with Crippen molar-refractivity contribution >= 4 is 35.3 Å². The van der Waals surface area contributed by atoms with Crippen molar-refractivity contribution in [2.75, 3.05) is 11.9 Å². The summed E-state index contributed by atoms with van der Waals surface area (Å²) in [5.41, 5.74) is 1.47. The van der Waals surface area contributed by atoms with E-state index in [0.717, 1.165) is 0 Å². The van der Waals surface area contributed by atoms with Crippen LogP contribution in [0.4, 0.5) is 14.5 Å². The number of carbonyl (C=O) groups excluding carboxylic acids is 1. The standard InChI is InChI=1S/C17H16Cl2F2N2O/c1-10(12-3-2-4-13(18)17(12)21)7-22-8-11-5-15(20)14(19)6-16(11)23-9-24/h2-6,9-10,22H,7-8H2,1H3,(H,23,24). The summed E-state index contributed by atoms with van der Waals surface area (Å²) in [6, 6.07) is 7.47. The topological polar surface area (TPSA) is 41.1 Å². The molecule has 0 saturated heterocycles. The molecule has 0 aliphatic rings. The van der Waals surface area contributed by atoms with Crippen LogP contribution in [0, 0.1) is 11.6 Å². The van der Waals surface area contributed by atoms with Gasteiger partial charge in [0.2, 0.25) is 6.41 Å². The fourth-order valence-electron chi connectivity index (χ4n) is 2.37. The van der Waals surface area contributed by atoms with Crippen molar-refractivity contribution in [2.45, 2.75) is 19.4 Å². The Morgan fingerprint density at radius 1 is 1.21 bits per heavy atom. The fraction of sp³-hybridized carbons (Fsp3) is 0.235. The second-order valence-electron chi connectivity index (χ2n) is 5.36. The van der Waals surface area contributed by atoms with Gasteiger partial charge in [-0.15, -0.1) is 0 Å². The quantitative estimate of drug-likeness (QED) is 0.689. The predicted octanol–water partition coefficient (Wildman–Crippen LogP) is 4.73. The zero-order chi connectivity index (χ0) is 17.7. The Bertz CT molecular complexity index is 741. The molecule has 0 radical (unpaired) electrons. The van der Waals surface area contributed by atoms with Gasteiger partial charge in [0.05, 0.1) is 10.0 Å². The summed E-state index contributed by atoms with van der Waals surface area (Å²) in [6.07, 6.45) is 0.497. The smallest absolute Gasteiger partial charge is 0.211 e. The number of rotatable bonds is 7. The molecule has 0 saturated carbocycles. The Hall–Kier alpha value is -1.69. The summed E-state index contributed by atoms with van der Waals surface area (Å²) < 4.78 is 27.6. The molecule has 3 nitrogen and oxygen atoms in total. The minimum absolute atomic E-state index is 0.0718. The minimum atomic E-state index is -0.571. The largest absolute Gasteiger partial charge is 0.328 e. The molecule has 1 atom stereocenters. The zero-order valence-electron chi connectivity index (χ0n) is 12.9. The van der Waals surface area contributed by atoms with Gasteiger partial charge in [-0.3, -0.25) is 4.79 Å². The van der Waals surface area contributed by atoms with Gasteiger partial charge in [0.15, 0.2) is 0 Å². The van der Waals surface area contributed by atoms with Crippen LogP contribution in [0.5, 0.6) is 0 Å². The molecule has 128 valence electrons. The maximum Gasteiger partial charge on any atom is 0.211 e. The number of anilines is 1. The molecule has 1 unspecified atom stereocenters. The predicted molar refractivity (Wildman–Crippen MR) is 92.6 cm³/mol. The van der Waals surface area contributed by atoms with Crippen molar-refractivity contribution < 1.29 is 13.6 Å². The van der Waals surface area contributed by atoms with Crippen LogP contribution in [0.25, 0.3) is 0 Å². The highest BCUT2D eigenvalue weighted by Gasteiger charge is 2.14. The van der Waals surface area contributed by atoms with Crippen LogP contribution in [-0.2, 0) is 11.3 Å². The van der Waals surface area contributed by atoms with E-state index in [4.69, 9.17) is 23.2 Å². The maximum absolute atomic E-state index is 14.0. The molecule has 0 aliphatic heterocycles. The van der Waals surface area contributed by atoms with Crippen molar-refractivity contribution in [1.82, 2.24) is 5.32 Å². The number of hydrogen-bond donors (Lipinski definition) is 2. The van der Waals surface area contributed by atoms with Crippen LogP contribution in [0.15, 0.2) is 30.3 Å². The molecule has 0 spiro atoms. The highest BCUT2D eigenvalue weighted by molar-refractivity contribution is 6.31. The number of halogens is 4. The van der Waals surface area contributed by atoms with E-state index in [0.29, 0.717) is 29.8 Å². The lowest BCUT2D eigenvalue weighted by Crippen LogP contribution is -2.21.